The fourth-order valence-corrected chi connectivity index (χ4v) is 1.95. The van der Waals surface area contributed by atoms with Crippen molar-refractivity contribution < 1.29 is 4.79 Å². The Balaban J connectivity index is 2.44. The Bertz CT molecular complexity index is 393. The average molecular weight is 319 g/mol. The normalized spacial score (nSPS) is 12.2. The number of hydrogen-bond acceptors (Lipinski definition) is 1. The molecule has 1 atom stereocenters. The predicted molar refractivity (Wildman–Crippen MR) is 75.8 cm³/mol. The molecule has 0 aromatic heterocycles. The molecule has 1 aromatic carbocycles. The molecule has 1 N–H and O–H groups in total. The van der Waals surface area contributed by atoms with Gasteiger partial charge >= 0.3 is 0 Å². The van der Waals surface area contributed by atoms with E-state index in [9.17, 15) is 4.79 Å². The second-order valence-electron chi connectivity index (χ2n) is 4.14. The number of benzene rings is 1. The van der Waals surface area contributed by atoms with Crippen LogP contribution in [-0.4, -0.2) is 17.8 Å². The average Bonchev–Trinajstić information content (AvgIpc) is 2.27. The van der Waals surface area contributed by atoms with Crippen molar-refractivity contribution in [3.8, 4) is 0 Å². The monoisotopic (exact) mass is 317 g/mol. The van der Waals surface area contributed by atoms with Gasteiger partial charge in [0.2, 0.25) is 0 Å². The Morgan fingerprint density at radius 2 is 2.24 bits per heavy atom. The van der Waals surface area contributed by atoms with Crippen LogP contribution in [0, 0.1) is 6.92 Å². The van der Waals surface area contributed by atoms with Crippen LogP contribution in [-0.2, 0) is 0 Å². The summed E-state index contributed by atoms with van der Waals surface area (Å²) in [4.78, 5) is 11.8. The van der Waals surface area contributed by atoms with Gasteiger partial charge in [0.25, 0.3) is 5.91 Å². The maximum atomic E-state index is 11.8. The summed E-state index contributed by atoms with van der Waals surface area (Å²) in [5.74, 6) is -0.0343. The van der Waals surface area contributed by atoms with Gasteiger partial charge in [0.05, 0.1) is 0 Å². The molecule has 17 heavy (non-hydrogen) atoms. The summed E-state index contributed by atoms with van der Waals surface area (Å²) in [6, 6.07) is 5.61. The second-order valence-corrected chi connectivity index (χ2v) is 5.74. The van der Waals surface area contributed by atoms with E-state index in [1.54, 1.807) is 0 Å². The van der Waals surface area contributed by atoms with Crippen molar-refractivity contribution in [1.29, 1.82) is 0 Å². The molecule has 0 spiro atoms. The van der Waals surface area contributed by atoms with E-state index in [0.717, 1.165) is 22.9 Å². The van der Waals surface area contributed by atoms with Gasteiger partial charge < -0.3 is 5.32 Å². The number of halogens is 2. The molecule has 1 amide bonds. The Morgan fingerprint density at radius 3 is 2.82 bits per heavy atom. The second kappa shape index (κ2) is 7.02. The number of aryl methyl sites for hydroxylation is 1. The van der Waals surface area contributed by atoms with Crippen LogP contribution in [0.4, 0.5) is 0 Å². The summed E-state index contributed by atoms with van der Waals surface area (Å²) < 4.78 is 0.958. The summed E-state index contributed by atoms with van der Waals surface area (Å²) in [6.45, 7) is 4.62. The highest BCUT2D eigenvalue weighted by atomic mass is 79.9. The molecule has 0 radical (unpaired) electrons. The molecule has 0 aliphatic rings. The third kappa shape index (κ3) is 5.09. The number of hydrogen-bond donors (Lipinski definition) is 1. The largest absolute Gasteiger partial charge is 0.352 e. The van der Waals surface area contributed by atoms with Crippen molar-refractivity contribution in [2.75, 3.05) is 6.54 Å². The van der Waals surface area contributed by atoms with Crippen LogP contribution < -0.4 is 5.32 Å². The first-order chi connectivity index (χ1) is 8.00. The molecule has 0 heterocycles. The van der Waals surface area contributed by atoms with E-state index < -0.39 is 0 Å². The Kier molecular flexibility index (Phi) is 6.00. The number of amides is 1. The van der Waals surface area contributed by atoms with Gasteiger partial charge in [-0.3, -0.25) is 4.79 Å². The molecule has 2 nitrogen and oxygen atoms in total. The number of carbonyl (C=O) groups is 1. The van der Waals surface area contributed by atoms with Crippen LogP contribution in [0.2, 0.25) is 0 Å². The van der Waals surface area contributed by atoms with E-state index in [1.807, 2.05) is 32.0 Å². The van der Waals surface area contributed by atoms with E-state index in [-0.39, 0.29) is 11.3 Å². The van der Waals surface area contributed by atoms with E-state index >= 15 is 0 Å². The molecule has 0 aliphatic heterocycles. The van der Waals surface area contributed by atoms with Crippen molar-refractivity contribution in [3.63, 3.8) is 0 Å². The van der Waals surface area contributed by atoms with Crippen molar-refractivity contribution in [2.45, 2.75) is 32.1 Å². The molecular formula is C13H17BrClNO. The fourth-order valence-electron chi connectivity index (χ4n) is 1.42. The zero-order chi connectivity index (χ0) is 12.8. The highest BCUT2D eigenvalue weighted by molar-refractivity contribution is 9.10. The van der Waals surface area contributed by atoms with Crippen LogP contribution in [0.25, 0.3) is 0 Å². The highest BCUT2D eigenvalue weighted by Gasteiger charge is 2.06. The van der Waals surface area contributed by atoms with Gasteiger partial charge in [-0.15, -0.1) is 11.6 Å². The highest BCUT2D eigenvalue weighted by Crippen LogP contribution is 2.17. The van der Waals surface area contributed by atoms with E-state index in [4.69, 9.17) is 11.6 Å². The molecule has 0 aliphatic carbocycles. The number of carbonyl (C=O) groups excluding carboxylic acids is 1. The van der Waals surface area contributed by atoms with Crippen LogP contribution >= 0.6 is 27.5 Å². The molecule has 0 fully saturated rings. The van der Waals surface area contributed by atoms with Gasteiger partial charge in [0, 0.05) is 22.0 Å². The Labute approximate surface area is 116 Å². The molecule has 1 unspecified atom stereocenters. The molecule has 0 saturated carbocycles. The van der Waals surface area contributed by atoms with E-state index in [0.29, 0.717) is 12.1 Å². The minimum Gasteiger partial charge on any atom is -0.352 e. The summed E-state index contributed by atoms with van der Waals surface area (Å²) in [6.07, 6.45) is 1.82. The van der Waals surface area contributed by atoms with E-state index in [2.05, 4.69) is 21.2 Å². The van der Waals surface area contributed by atoms with Crippen LogP contribution in [0.5, 0.6) is 0 Å². The predicted octanol–water partition coefficient (Wildman–Crippen LogP) is 3.89. The van der Waals surface area contributed by atoms with Gasteiger partial charge in [-0.1, -0.05) is 22.0 Å². The van der Waals surface area contributed by atoms with Crippen LogP contribution in [0.15, 0.2) is 22.7 Å². The molecule has 94 valence electrons. The zero-order valence-electron chi connectivity index (χ0n) is 10.1. The first-order valence-corrected chi connectivity index (χ1v) is 6.92. The van der Waals surface area contributed by atoms with Gasteiger partial charge in [-0.05, 0) is 44.4 Å². The number of nitrogens with one attached hydrogen (secondary N) is 1. The lowest BCUT2D eigenvalue weighted by Gasteiger charge is -2.07. The lowest BCUT2D eigenvalue weighted by atomic mass is 10.1. The van der Waals surface area contributed by atoms with E-state index in [1.165, 1.54) is 0 Å². The SMILES string of the molecule is Cc1ccc(C(=O)NCCCC(C)Cl)cc1Br. The molecule has 0 saturated heterocycles. The molecular weight excluding hydrogens is 302 g/mol. The lowest BCUT2D eigenvalue weighted by Crippen LogP contribution is -2.24. The summed E-state index contributed by atoms with van der Waals surface area (Å²) in [5, 5.41) is 3.05. The third-order valence-corrected chi connectivity index (χ3v) is 3.57. The maximum absolute atomic E-state index is 11.8. The standard InChI is InChI=1S/C13H17BrClNO/c1-9-5-6-11(8-12(9)14)13(17)16-7-3-4-10(2)15/h5-6,8,10H,3-4,7H2,1-2H3,(H,16,17). The van der Waals surface area contributed by atoms with Crippen molar-refractivity contribution in [1.82, 2.24) is 5.32 Å². The first-order valence-electron chi connectivity index (χ1n) is 5.69. The molecule has 1 aromatic rings. The zero-order valence-corrected chi connectivity index (χ0v) is 12.4. The quantitative estimate of drug-likeness (QED) is 0.647. The van der Waals surface area contributed by atoms with Crippen LogP contribution in [0.3, 0.4) is 0 Å². The third-order valence-electron chi connectivity index (χ3n) is 2.50. The fraction of sp³-hybridized carbons (Fsp3) is 0.462. The van der Waals surface area contributed by atoms with Gasteiger partial charge in [-0.2, -0.15) is 0 Å². The first kappa shape index (κ1) is 14.5. The van der Waals surface area contributed by atoms with Crippen molar-refractivity contribution in [2.24, 2.45) is 0 Å². The smallest absolute Gasteiger partial charge is 0.251 e. The van der Waals surface area contributed by atoms with Crippen LogP contribution in [0.1, 0.15) is 35.7 Å². The lowest BCUT2D eigenvalue weighted by molar-refractivity contribution is 0.0953. The topological polar surface area (TPSA) is 29.1 Å². The molecule has 0 bridgehead atoms. The Morgan fingerprint density at radius 1 is 1.53 bits per heavy atom. The van der Waals surface area contributed by atoms with Gasteiger partial charge in [0.1, 0.15) is 0 Å². The maximum Gasteiger partial charge on any atom is 0.251 e. The minimum atomic E-state index is -0.0343. The van der Waals surface area contributed by atoms with Crippen molar-refractivity contribution in [3.05, 3.63) is 33.8 Å². The molecule has 1 rings (SSSR count). The van der Waals surface area contributed by atoms with Gasteiger partial charge in [-0.25, -0.2) is 0 Å². The van der Waals surface area contributed by atoms with Gasteiger partial charge in [0.15, 0.2) is 0 Å². The molecule has 4 heteroatoms. The summed E-state index contributed by atoms with van der Waals surface area (Å²) in [5.41, 5.74) is 1.80. The summed E-state index contributed by atoms with van der Waals surface area (Å²) >= 11 is 9.25. The number of alkyl halides is 1. The summed E-state index contributed by atoms with van der Waals surface area (Å²) in [7, 11) is 0. The van der Waals surface area contributed by atoms with Crippen molar-refractivity contribution >= 4 is 33.4 Å². The minimum absolute atomic E-state index is 0.0343. The Hall–Kier alpha value is -0.540. The number of rotatable bonds is 5.